The number of nitrogens with zero attached hydrogens (tertiary/aromatic N) is 1. The van der Waals surface area contributed by atoms with Crippen molar-refractivity contribution in [1.29, 1.82) is 0 Å². The zero-order chi connectivity index (χ0) is 16.8. The minimum Gasteiger partial charge on any atom is -0.481 e. The van der Waals surface area contributed by atoms with Gasteiger partial charge in [0.15, 0.2) is 0 Å². The molecule has 0 saturated heterocycles. The van der Waals surface area contributed by atoms with E-state index in [0.29, 0.717) is 19.4 Å². The summed E-state index contributed by atoms with van der Waals surface area (Å²) >= 11 is 0. The maximum Gasteiger partial charge on any atom is 0.317 e. The molecule has 23 heavy (non-hydrogen) atoms. The van der Waals surface area contributed by atoms with E-state index in [2.05, 4.69) is 24.4 Å². The smallest absolute Gasteiger partial charge is 0.317 e. The molecule has 0 spiro atoms. The normalized spacial score (nSPS) is 20.8. The molecule has 2 N–H and O–H groups in total. The molecule has 1 aromatic rings. The van der Waals surface area contributed by atoms with Crippen LogP contribution in [-0.2, 0) is 11.2 Å². The SMILES string of the molecule is Cc1ccccc1CCN(C)C(=O)NC1CCC(C(=O)O)CC1. The third-order valence-electron chi connectivity index (χ3n) is 4.73. The van der Waals surface area contributed by atoms with Crippen LogP contribution in [-0.4, -0.2) is 41.6 Å². The van der Waals surface area contributed by atoms with E-state index in [1.807, 2.05) is 12.1 Å². The van der Waals surface area contributed by atoms with Gasteiger partial charge in [0.25, 0.3) is 0 Å². The molecule has 1 aliphatic carbocycles. The highest BCUT2D eigenvalue weighted by molar-refractivity contribution is 5.74. The number of carbonyl (C=O) groups is 2. The van der Waals surface area contributed by atoms with E-state index in [0.717, 1.165) is 19.3 Å². The van der Waals surface area contributed by atoms with Crippen LogP contribution in [0, 0.1) is 12.8 Å². The first-order chi connectivity index (χ1) is 11.0. The molecule has 1 saturated carbocycles. The lowest BCUT2D eigenvalue weighted by Gasteiger charge is -2.29. The molecule has 5 heteroatoms. The molecule has 2 rings (SSSR count). The highest BCUT2D eigenvalue weighted by atomic mass is 16.4. The lowest BCUT2D eigenvalue weighted by molar-refractivity contribution is -0.142. The van der Waals surface area contributed by atoms with Crippen LogP contribution in [0.4, 0.5) is 4.79 Å². The molecule has 2 amide bonds. The molecule has 0 heterocycles. The van der Waals surface area contributed by atoms with E-state index in [1.165, 1.54) is 11.1 Å². The summed E-state index contributed by atoms with van der Waals surface area (Å²) in [5.41, 5.74) is 2.50. The molecular formula is C18H26N2O3. The first-order valence-corrected chi connectivity index (χ1v) is 8.26. The van der Waals surface area contributed by atoms with Gasteiger partial charge in [-0.2, -0.15) is 0 Å². The fraction of sp³-hybridized carbons (Fsp3) is 0.556. The van der Waals surface area contributed by atoms with Crippen LogP contribution in [0.2, 0.25) is 0 Å². The summed E-state index contributed by atoms with van der Waals surface area (Å²) in [6, 6.07) is 8.23. The number of rotatable bonds is 5. The predicted molar refractivity (Wildman–Crippen MR) is 89.4 cm³/mol. The van der Waals surface area contributed by atoms with E-state index in [4.69, 9.17) is 5.11 Å². The number of amides is 2. The molecule has 5 nitrogen and oxygen atoms in total. The van der Waals surface area contributed by atoms with Gasteiger partial charge in [0, 0.05) is 19.6 Å². The molecular weight excluding hydrogens is 292 g/mol. The van der Waals surface area contributed by atoms with Gasteiger partial charge in [-0.25, -0.2) is 4.79 Å². The Morgan fingerprint density at radius 3 is 2.48 bits per heavy atom. The second kappa shape index (κ2) is 7.99. The number of likely N-dealkylation sites (N-methyl/N-ethyl adjacent to an activating group) is 1. The van der Waals surface area contributed by atoms with Crippen molar-refractivity contribution in [2.45, 2.75) is 45.1 Å². The van der Waals surface area contributed by atoms with Gasteiger partial charge in [0.2, 0.25) is 0 Å². The average molecular weight is 318 g/mol. The number of urea groups is 1. The maximum absolute atomic E-state index is 12.2. The number of nitrogens with one attached hydrogen (secondary N) is 1. The quantitative estimate of drug-likeness (QED) is 0.877. The minimum atomic E-state index is -0.717. The first kappa shape index (κ1) is 17.3. The van der Waals surface area contributed by atoms with Crippen LogP contribution in [0.3, 0.4) is 0 Å². The number of benzene rings is 1. The zero-order valence-electron chi connectivity index (χ0n) is 13.9. The average Bonchev–Trinajstić information content (AvgIpc) is 2.54. The Hall–Kier alpha value is -2.04. The monoisotopic (exact) mass is 318 g/mol. The summed E-state index contributed by atoms with van der Waals surface area (Å²) in [7, 11) is 1.80. The van der Waals surface area contributed by atoms with Crippen LogP contribution in [0.25, 0.3) is 0 Å². The van der Waals surface area contributed by atoms with Crippen molar-refractivity contribution in [3.63, 3.8) is 0 Å². The molecule has 1 aliphatic rings. The summed E-state index contributed by atoms with van der Waals surface area (Å²) in [6.45, 7) is 2.75. The summed E-state index contributed by atoms with van der Waals surface area (Å²) in [5, 5.41) is 12.0. The second-order valence-corrected chi connectivity index (χ2v) is 6.43. The third kappa shape index (κ3) is 4.98. The molecule has 0 radical (unpaired) electrons. The zero-order valence-corrected chi connectivity index (χ0v) is 13.9. The predicted octanol–water partition coefficient (Wildman–Crippen LogP) is 2.82. The number of hydrogen-bond donors (Lipinski definition) is 2. The number of carboxylic acid groups (broad SMARTS) is 1. The third-order valence-corrected chi connectivity index (χ3v) is 4.73. The van der Waals surface area contributed by atoms with Crippen molar-refractivity contribution in [3.05, 3.63) is 35.4 Å². The molecule has 0 aromatic heterocycles. The van der Waals surface area contributed by atoms with Crippen molar-refractivity contribution >= 4 is 12.0 Å². The summed E-state index contributed by atoms with van der Waals surface area (Å²) in [5.74, 6) is -0.966. The van der Waals surface area contributed by atoms with Crippen LogP contribution in [0.5, 0.6) is 0 Å². The van der Waals surface area contributed by atoms with E-state index in [1.54, 1.807) is 11.9 Å². The van der Waals surface area contributed by atoms with Crippen LogP contribution in [0.15, 0.2) is 24.3 Å². The number of carboxylic acids is 1. The molecule has 0 atom stereocenters. The largest absolute Gasteiger partial charge is 0.481 e. The van der Waals surface area contributed by atoms with Crippen LogP contribution >= 0.6 is 0 Å². The Labute approximate surface area is 137 Å². The number of aliphatic carboxylic acids is 1. The summed E-state index contributed by atoms with van der Waals surface area (Å²) in [6.07, 6.45) is 3.62. The Morgan fingerprint density at radius 2 is 1.87 bits per heavy atom. The second-order valence-electron chi connectivity index (χ2n) is 6.43. The van der Waals surface area contributed by atoms with Crippen LogP contribution < -0.4 is 5.32 Å². The molecule has 0 aliphatic heterocycles. The molecule has 0 unspecified atom stereocenters. The van der Waals surface area contributed by atoms with Gasteiger partial charge in [-0.1, -0.05) is 24.3 Å². The first-order valence-electron chi connectivity index (χ1n) is 8.26. The van der Waals surface area contributed by atoms with E-state index >= 15 is 0 Å². The topological polar surface area (TPSA) is 69.6 Å². The van der Waals surface area contributed by atoms with E-state index < -0.39 is 5.97 Å². The highest BCUT2D eigenvalue weighted by Gasteiger charge is 2.27. The Bertz CT molecular complexity index is 551. The fourth-order valence-electron chi connectivity index (χ4n) is 3.05. The van der Waals surface area contributed by atoms with Gasteiger partial charge in [0.05, 0.1) is 5.92 Å². The van der Waals surface area contributed by atoms with E-state index in [9.17, 15) is 9.59 Å². The van der Waals surface area contributed by atoms with Crippen molar-refractivity contribution in [1.82, 2.24) is 10.2 Å². The Kier molecular flexibility index (Phi) is 6.02. The van der Waals surface area contributed by atoms with Gasteiger partial charge >= 0.3 is 12.0 Å². The molecule has 1 fully saturated rings. The lowest BCUT2D eigenvalue weighted by atomic mass is 9.86. The number of hydrogen-bond acceptors (Lipinski definition) is 2. The summed E-state index contributed by atoms with van der Waals surface area (Å²) < 4.78 is 0. The fourth-order valence-corrected chi connectivity index (χ4v) is 3.05. The van der Waals surface area contributed by atoms with Crippen molar-refractivity contribution < 1.29 is 14.7 Å². The maximum atomic E-state index is 12.2. The van der Waals surface area contributed by atoms with Gasteiger partial charge in [0.1, 0.15) is 0 Å². The van der Waals surface area contributed by atoms with Gasteiger partial charge in [-0.3, -0.25) is 4.79 Å². The van der Waals surface area contributed by atoms with Gasteiger partial charge < -0.3 is 15.3 Å². The Morgan fingerprint density at radius 1 is 1.22 bits per heavy atom. The molecule has 1 aromatic carbocycles. The van der Waals surface area contributed by atoms with Gasteiger partial charge in [-0.15, -0.1) is 0 Å². The van der Waals surface area contributed by atoms with Crippen LogP contribution in [0.1, 0.15) is 36.8 Å². The van der Waals surface area contributed by atoms with Crippen molar-refractivity contribution in [2.24, 2.45) is 5.92 Å². The summed E-state index contributed by atoms with van der Waals surface area (Å²) in [4.78, 5) is 24.9. The lowest BCUT2D eigenvalue weighted by Crippen LogP contribution is -2.45. The highest BCUT2D eigenvalue weighted by Crippen LogP contribution is 2.24. The minimum absolute atomic E-state index is 0.0719. The standard InChI is InChI=1S/C18H26N2O3/c1-13-5-3-4-6-14(13)11-12-20(2)18(23)19-16-9-7-15(8-10-16)17(21)22/h3-6,15-16H,7-12H2,1-2H3,(H,19,23)(H,21,22). The Balaban J connectivity index is 1.75. The van der Waals surface area contributed by atoms with E-state index in [-0.39, 0.29) is 18.0 Å². The number of carbonyl (C=O) groups excluding carboxylic acids is 1. The molecule has 126 valence electrons. The van der Waals surface area contributed by atoms with Crippen molar-refractivity contribution in [2.75, 3.05) is 13.6 Å². The molecule has 0 bridgehead atoms. The number of aryl methyl sites for hydroxylation is 1. The van der Waals surface area contributed by atoms with Crippen molar-refractivity contribution in [3.8, 4) is 0 Å². The van der Waals surface area contributed by atoms with Gasteiger partial charge in [-0.05, 0) is 50.2 Å².